The number of anilines is 1. The lowest BCUT2D eigenvalue weighted by Crippen LogP contribution is -2.37. The van der Waals surface area contributed by atoms with Crippen LogP contribution in [0.1, 0.15) is 13.8 Å². The van der Waals surface area contributed by atoms with E-state index >= 15 is 0 Å². The Balaban J connectivity index is 2.25. The SMILES string of the molecule is CN(CC(C)(C)CN)c1ccc2ccccc2n1. The van der Waals surface area contributed by atoms with Crippen LogP contribution in [0.5, 0.6) is 0 Å². The zero-order valence-electron chi connectivity index (χ0n) is 11.4. The summed E-state index contributed by atoms with van der Waals surface area (Å²) in [4.78, 5) is 6.84. The number of nitrogens with two attached hydrogens (primary N) is 1. The van der Waals surface area contributed by atoms with E-state index in [1.165, 1.54) is 5.39 Å². The van der Waals surface area contributed by atoms with Crippen LogP contribution >= 0.6 is 0 Å². The van der Waals surface area contributed by atoms with Crippen LogP contribution in [0.15, 0.2) is 36.4 Å². The molecule has 3 nitrogen and oxygen atoms in total. The summed E-state index contributed by atoms with van der Waals surface area (Å²) in [6, 6.07) is 12.4. The molecule has 0 atom stereocenters. The highest BCUT2D eigenvalue weighted by molar-refractivity contribution is 5.80. The van der Waals surface area contributed by atoms with Crippen LogP contribution in [-0.4, -0.2) is 25.1 Å². The molecule has 1 aromatic carbocycles. The average molecular weight is 243 g/mol. The van der Waals surface area contributed by atoms with Crippen molar-refractivity contribution < 1.29 is 0 Å². The van der Waals surface area contributed by atoms with Gasteiger partial charge in [0.15, 0.2) is 0 Å². The van der Waals surface area contributed by atoms with E-state index in [0.29, 0.717) is 6.54 Å². The molecule has 0 saturated heterocycles. The van der Waals surface area contributed by atoms with E-state index in [-0.39, 0.29) is 5.41 Å². The first-order valence-electron chi connectivity index (χ1n) is 6.29. The molecule has 96 valence electrons. The van der Waals surface area contributed by atoms with Gasteiger partial charge in [0, 0.05) is 19.0 Å². The normalized spacial score (nSPS) is 11.8. The first kappa shape index (κ1) is 12.8. The summed E-state index contributed by atoms with van der Waals surface area (Å²) in [7, 11) is 2.06. The molecule has 0 aliphatic heterocycles. The molecule has 1 aromatic heterocycles. The van der Waals surface area contributed by atoms with E-state index in [1.54, 1.807) is 0 Å². The first-order chi connectivity index (χ1) is 8.52. The number of nitrogens with zero attached hydrogens (tertiary/aromatic N) is 2. The quantitative estimate of drug-likeness (QED) is 0.897. The highest BCUT2D eigenvalue weighted by atomic mass is 15.2. The Morgan fingerprint density at radius 2 is 1.89 bits per heavy atom. The minimum Gasteiger partial charge on any atom is -0.359 e. The van der Waals surface area contributed by atoms with Crippen molar-refractivity contribution in [1.29, 1.82) is 0 Å². The lowest BCUT2D eigenvalue weighted by Gasteiger charge is -2.29. The van der Waals surface area contributed by atoms with Gasteiger partial charge in [-0.15, -0.1) is 0 Å². The Hall–Kier alpha value is -1.61. The predicted octanol–water partition coefficient (Wildman–Crippen LogP) is 2.66. The van der Waals surface area contributed by atoms with Crippen LogP contribution in [0.2, 0.25) is 0 Å². The maximum Gasteiger partial charge on any atom is 0.129 e. The molecular weight excluding hydrogens is 222 g/mol. The average Bonchev–Trinajstić information content (AvgIpc) is 2.37. The Morgan fingerprint density at radius 1 is 1.17 bits per heavy atom. The van der Waals surface area contributed by atoms with E-state index in [9.17, 15) is 0 Å². The number of benzene rings is 1. The molecule has 0 spiro atoms. The van der Waals surface area contributed by atoms with Crippen molar-refractivity contribution in [3.8, 4) is 0 Å². The van der Waals surface area contributed by atoms with Crippen LogP contribution in [0.4, 0.5) is 5.82 Å². The van der Waals surface area contributed by atoms with Gasteiger partial charge in [-0.1, -0.05) is 32.0 Å². The molecule has 0 saturated carbocycles. The zero-order valence-corrected chi connectivity index (χ0v) is 11.4. The molecule has 2 aromatic rings. The number of pyridine rings is 1. The minimum absolute atomic E-state index is 0.0993. The van der Waals surface area contributed by atoms with Gasteiger partial charge in [0.2, 0.25) is 0 Å². The molecule has 0 aliphatic rings. The van der Waals surface area contributed by atoms with E-state index in [2.05, 4.69) is 49.0 Å². The Kier molecular flexibility index (Phi) is 3.53. The zero-order chi connectivity index (χ0) is 13.2. The summed E-state index contributed by atoms with van der Waals surface area (Å²) in [5.41, 5.74) is 6.91. The van der Waals surface area contributed by atoms with Crippen molar-refractivity contribution in [3.05, 3.63) is 36.4 Å². The molecule has 0 fully saturated rings. The van der Waals surface area contributed by atoms with Gasteiger partial charge in [-0.25, -0.2) is 4.98 Å². The first-order valence-corrected chi connectivity index (χ1v) is 6.29. The van der Waals surface area contributed by atoms with Crippen LogP contribution in [-0.2, 0) is 0 Å². The smallest absolute Gasteiger partial charge is 0.129 e. The maximum absolute atomic E-state index is 5.78. The molecule has 0 aliphatic carbocycles. The molecule has 2 N–H and O–H groups in total. The summed E-state index contributed by atoms with van der Waals surface area (Å²) in [5, 5.41) is 1.17. The van der Waals surface area contributed by atoms with E-state index in [1.807, 2.05) is 18.2 Å². The van der Waals surface area contributed by atoms with E-state index in [0.717, 1.165) is 17.9 Å². The Morgan fingerprint density at radius 3 is 2.61 bits per heavy atom. The Labute approximate surface area is 109 Å². The largest absolute Gasteiger partial charge is 0.359 e. The molecule has 0 unspecified atom stereocenters. The summed E-state index contributed by atoms with van der Waals surface area (Å²) >= 11 is 0. The predicted molar refractivity (Wildman–Crippen MR) is 77.8 cm³/mol. The van der Waals surface area contributed by atoms with Gasteiger partial charge >= 0.3 is 0 Å². The fraction of sp³-hybridized carbons (Fsp3) is 0.400. The molecule has 1 heterocycles. The van der Waals surface area contributed by atoms with Gasteiger partial charge < -0.3 is 10.6 Å². The summed E-state index contributed by atoms with van der Waals surface area (Å²) < 4.78 is 0. The minimum atomic E-state index is 0.0993. The van der Waals surface area contributed by atoms with Gasteiger partial charge in [0.25, 0.3) is 0 Å². The van der Waals surface area contributed by atoms with Crippen molar-refractivity contribution >= 4 is 16.7 Å². The molecule has 3 heteroatoms. The second-order valence-electron chi connectivity index (χ2n) is 5.59. The monoisotopic (exact) mass is 243 g/mol. The van der Waals surface area contributed by atoms with Crippen molar-refractivity contribution in [1.82, 2.24) is 4.98 Å². The molecular formula is C15H21N3. The summed E-state index contributed by atoms with van der Waals surface area (Å²) in [5.74, 6) is 0.996. The van der Waals surface area contributed by atoms with Crippen molar-refractivity contribution in [2.24, 2.45) is 11.1 Å². The standard InChI is InChI=1S/C15H21N3/c1-15(2,10-16)11-18(3)14-9-8-12-6-4-5-7-13(12)17-14/h4-9H,10-11,16H2,1-3H3. The van der Waals surface area contributed by atoms with Gasteiger partial charge in [0.1, 0.15) is 5.82 Å². The van der Waals surface area contributed by atoms with Gasteiger partial charge in [-0.2, -0.15) is 0 Å². The Bertz CT molecular complexity index is 534. The maximum atomic E-state index is 5.78. The van der Waals surface area contributed by atoms with Crippen molar-refractivity contribution in [2.75, 3.05) is 25.0 Å². The lowest BCUT2D eigenvalue weighted by atomic mass is 9.93. The van der Waals surface area contributed by atoms with Gasteiger partial charge in [-0.05, 0) is 30.2 Å². The third kappa shape index (κ3) is 2.79. The van der Waals surface area contributed by atoms with E-state index < -0.39 is 0 Å². The number of fused-ring (bicyclic) bond motifs is 1. The highest BCUT2D eigenvalue weighted by Crippen LogP contribution is 2.21. The molecule has 0 amide bonds. The molecule has 0 radical (unpaired) electrons. The van der Waals surface area contributed by atoms with Crippen LogP contribution in [0, 0.1) is 5.41 Å². The van der Waals surface area contributed by atoms with Gasteiger partial charge in [-0.3, -0.25) is 0 Å². The fourth-order valence-electron chi connectivity index (χ4n) is 2.06. The number of rotatable bonds is 4. The van der Waals surface area contributed by atoms with Crippen LogP contribution in [0.3, 0.4) is 0 Å². The van der Waals surface area contributed by atoms with Crippen LogP contribution in [0.25, 0.3) is 10.9 Å². The second kappa shape index (κ2) is 4.94. The third-order valence-corrected chi connectivity index (χ3v) is 3.19. The molecule has 2 rings (SSSR count). The second-order valence-corrected chi connectivity index (χ2v) is 5.59. The van der Waals surface area contributed by atoms with Crippen LogP contribution < -0.4 is 10.6 Å². The number of para-hydroxylation sites is 1. The van der Waals surface area contributed by atoms with E-state index in [4.69, 9.17) is 5.73 Å². The number of aromatic nitrogens is 1. The third-order valence-electron chi connectivity index (χ3n) is 3.19. The summed E-state index contributed by atoms with van der Waals surface area (Å²) in [6.45, 7) is 5.91. The lowest BCUT2D eigenvalue weighted by molar-refractivity contribution is 0.384. The molecule has 0 bridgehead atoms. The highest BCUT2D eigenvalue weighted by Gasteiger charge is 2.18. The number of hydrogen-bond donors (Lipinski definition) is 1. The topological polar surface area (TPSA) is 42.1 Å². The number of hydrogen-bond acceptors (Lipinski definition) is 3. The summed E-state index contributed by atoms with van der Waals surface area (Å²) in [6.07, 6.45) is 0. The van der Waals surface area contributed by atoms with Gasteiger partial charge in [0.05, 0.1) is 5.52 Å². The molecule has 18 heavy (non-hydrogen) atoms. The van der Waals surface area contributed by atoms with Crippen molar-refractivity contribution in [2.45, 2.75) is 13.8 Å². The van der Waals surface area contributed by atoms with Crippen molar-refractivity contribution in [3.63, 3.8) is 0 Å². The fourth-order valence-corrected chi connectivity index (χ4v) is 2.06.